The van der Waals surface area contributed by atoms with E-state index >= 15 is 0 Å². The molecule has 0 atom stereocenters. The molecule has 1 amide bonds. The Labute approximate surface area is 155 Å². The van der Waals surface area contributed by atoms with Crippen LogP contribution in [0.5, 0.6) is 0 Å². The zero-order valence-electron chi connectivity index (χ0n) is 14.9. The van der Waals surface area contributed by atoms with Crippen LogP contribution in [0.25, 0.3) is 11.5 Å². The van der Waals surface area contributed by atoms with Crippen molar-refractivity contribution in [1.29, 1.82) is 0 Å². The predicted molar refractivity (Wildman–Crippen MR) is 98.4 cm³/mol. The summed E-state index contributed by atoms with van der Waals surface area (Å²) >= 11 is 0. The second-order valence-corrected chi connectivity index (χ2v) is 6.59. The third-order valence-corrected chi connectivity index (χ3v) is 4.76. The standard InChI is InChI=1S/C19H21N5O3/c25-18(13-7-8-14(21-19(13)26)15-5-4-12-27-15)20-10-9-17-23-22-16-6-2-1-3-11-24(16)17/h4-5,7-8,12H,1-3,6,9-11H2,(H,20,25)(H,21,26). The van der Waals surface area contributed by atoms with Gasteiger partial charge in [-0.25, -0.2) is 0 Å². The average Bonchev–Trinajstić information content (AvgIpc) is 3.27. The van der Waals surface area contributed by atoms with Crippen molar-refractivity contribution in [3.05, 3.63) is 58.1 Å². The van der Waals surface area contributed by atoms with Crippen molar-refractivity contribution in [3.63, 3.8) is 0 Å². The Bertz CT molecular complexity index is 987. The first-order valence-electron chi connectivity index (χ1n) is 9.19. The number of hydrogen-bond acceptors (Lipinski definition) is 5. The Morgan fingerprint density at radius 1 is 1.22 bits per heavy atom. The molecule has 27 heavy (non-hydrogen) atoms. The summed E-state index contributed by atoms with van der Waals surface area (Å²) in [7, 11) is 0. The topological polar surface area (TPSA) is 106 Å². The Balaban J connectivity index is 1.39. The van der Waals surface area contributed by atoms with Crippen molar-refractivity contribution >= 4 is 5.91 Å². The van der Waals surface area contributed by atoms with E-state index in [1.165, 1.54) is 18.8 Å². The van der Waals surface area contributed by atoms with Crippen molar-refractivity contribution in [2.75, 3.05) is 6.54 Å². The molecule has 2 N–H and O–H groups in total. The molecule has 140 valence electrons. The van der Waals surface area contributed by atoms with Gasteiger partial charge in [-0.3, -0.25) is 9.59 Å². The highest BCUT2D eigenvalue weighted by Crippen LogP contribution is 2.16. The number of hydrogen-bond donors (Lipinski definition) is 2. The molecule has 0 bridgehead atoms. The van der Waals surface area contributed by atoms with Crippen LogP contribution in [0.2, 0.25) is 0 Å². The quantitative estimate of drug-likeness (QED) is 0.717. The highest BCUT2D eigenvalue weighted by molar-refractivity contribution is 5.94. The van der Waals surface area contributed by atoms with Crippen LogP contribution in [0.3, 0.4) is 0 Å². The Morgan fingerprint density at radius 2 is 2.15 bits per heavy atom. The fourth-order valence-electron chi connectivity index (χ4n) is 3.34. The first-order valence-corrected chi connectivity index (χ1v) is 9.19. The number of fused-ring (bicyclic) bond motifs is 1. The smallest absolute Gasteiger partial charge is 0.261 e. The van der Waals surface area contributed by atoms with Gasteiger partial charge in [0.25, 0.3) is 11.5 Å². The van der Waals surface area contributed by atoms with Crippen LogP contribution in [0.1, 0.15) is 41.3 Å². The van der Waals surface area contributed by atoms with Gasteiger partial charge in [0, 0.05) is 25.9 Å². The van der Waals surface area contributed by atoms with E-state index in [0.29, 0.717) is 24.4 Å². The molecule has 0 radical (unpaired) electrons. The summed E-state index contributed by atoms with van der Waals surface area (Å²) in [5.74, 6) is 2.05. The number of nitrogens with zero attached hydrogens (tertiary/aromatic N) is 3. The van der Waals surface area contributed by atoms with Gasteiger partial charge >= 0.3 is 0 Å². The van der Waals surface area contributed by atoms with E-state index in [9.17, 15) is 9.59 Å². The molecule has 3 aromatic heterocycles. The summed E-state index contributed by atoms with van der Waals surface area (Å²) in [4.78, 5) is 27.2. The number of nitrogens with one attached hydrogen (secondary N) is 2. The van der Waals surface area contributed by atoms with Crippen molar-refractivity contribution in [1.82, 2.24) is 25.1 Å². The number of rotatable bonds is 5. The first kappa shape index (κ1) is 17.3. The molecular weight excluding hydrogens is 346 g/mol. The van der Waals surface area contributed by atoms with Crippen LogP contribution in [0.15, 0.2) is 39.7 Å². The van der Waals surface area contributed by atoms with Crippen LogP contribution in [0, 0.1) is 0 Å². The summed E-state index contributed by atoms with van der Waals surface area (Å²) in [5, 5.41) is 11.3. The molecule has 1 aliphatic heterocycles. The second kappa shape index (κ2) is 7.61. The molecule has 8 nitrogen and oxygen atoms in total. The maximum atomic E-state index is 12.3. The summed E-state index contributed by atoms with van der Waals surface area (Å²) in [6, 6.07) is 6.65. The Hall–Kier alpha value is -3.16. The van der Waals surface area contributed by atoms with E-state index in [1.54, 1.807) is 18.2 Å². The van der Waals surface area contributed by atoms with Gasteiger partial charge < -0.3 is 19.3 Å². The van der Waals surface area contributed by atoms with Gasteiger partial charge in [-0.05, 0) is 37.1 Å². The summed E-state index contributed by atoms with van der Waals surface area (Å²) < 4.78 is 7.41. The third kappa shape index (κ3) is 3.69. The van der Waals surface area contributed by atoms with Gasteiger partial charge in [0.1, 0.15) is 23.0 Å². The maximum absolute atomic E-state index is 12.3. The fraction of sp³-hybridized carbons (Fsp3) is 0.368. The number of carbonyl (C=O) groups excluding carboxylic acids is 1. The van der Waals surface area contributed by atoms with Crippen molar-refractivity contribution in [2.45, 2.75) is 38.6 Å². The van der Waals surface area contributed by atoms with Crippen molar-refractivity contribution in [3.8, 4) is 11.5 Å². The van der Waals surface area contributed by atoms with E-state index in [-0.39, 0.29) is 5.56 Å². The molecular formula is C19H21N5O3. The minimum atomic E-state index is -0.447. The first-order chi connectivity index (χ1) is 13.2. The molecule has 4 heterocycles. The third-order valence-electron chi connectivity index (χ3n) is 4.76. The van der Waals surface area contributed by atoms with Crippen LogP contribution in [-0.4, -0.2) is 32.2 Å². The number of aryl methyl sites for hydroxylation is 1. The van der Waals surface area contributed by atoms with Crippen molar-refractivity contribution in [2.24, 2.45) is 0 Å². The molecule has 0 aliphatic carbocycles. The molecule has 4 rings (SSSR count). The molecule has 0 aromatic carbocycles. The summed E-state index contributed by atoms with van der Waals surface area (Å²) in [6.45, 7) is 1.33. The van der Waals surface area contributed by atoms with Gasteiger partial charge in [-0.15, -0.1) is 10.2 Å². The van der Waals surface area contributed by atoms with E-state index in [2.05, 4.69) is 25.1 Å². The number of carbonyl (C=O) groups is 1. The normalized spacial score (nSPS) is 13.8. The number of aromatic nitrogens is 4. The van der Waals surface area contributed by atoms with Crippen LogP contribution in [0.4, 0.5) is 0 Å². The highest BCUT2D eigenvalue weighted by atomic mass is 16.3. The van der Waals surface area contributed by atoms with E-state index in [0.717, 1.165) is 37.5 Å². The lowest BCUT2D eigenvalue weighted by Gasteiger charge is -2.08. The predicted octanol–water partition coefficient (Wildman–Crippen LogP) is 1.93. The average molecular weight is 367 g/mol. The van der Waals surface area contributed by atoms with Gasteiger partial charge in [-0.2, -0.15) is 0 Å². The molecule has 8 heteroatoms. The molecule has 0 spiro atoms. The Morgan fingerprint density at radius 3 is 2.96 bits per heavy atom. The van der Waals surface area contributed by atoms with E-state index in [1.807, 2.05) is 0 Å². The number of H-pyrrole nitrogens is 1. The monoisotopic (exact) mass is 367 g/mol. The lowest BCUT2D eigenvalue weighted by molar-refractivity contribution is 0.0952. The lowest BCUT2D eigenvalue weighted by Crippen LogP contribution is -2.31. The van der Waals surface area contributed by atoms with Gasteiger partial charge in [0.05, 0.1) is 12.0 Å². The lowest BCUT2D eigenvalue weighted by atomic mass is 10.2. The molecule has 0 unspecified atom stereocenters. The van der Waals surface area contributed by atoms with Gasteiger partial charge in [-0.1, -0.05) is 6.42 Å². The molecule has 3 aromatic rings. The number of amides is 1. The largest absolute Gasteiger partial charge is 0.463 e. The fourth-order valence-corrected chi connectivity index (χ4v) is 3.34. The van der Waals surface area contributed by atoms with Crippen LogP contribution in [-0.2, 0) is 19.4 Å². The molecule has 0 saturated heterocycles. The van der Waals surface area contributed by atoms with Gasteiger partial charge in [0.2, 0.25) is 0 Å². The highest BCUT2D eigenvalue weighted by Gasteiger charge is 2.16. The SMILES string of the molecule is O=C(NCCc1nnc2n1CCCCC2)c1ccc(-c2ccco2)[nH]c1=O. The zero-order valence-corrected chi connectivity index (χ0v) is 14.9. The van der Waals surface area contributed by atoms with Crippen LogP contribution < -0.4 is 10.9 Å². The second-order valence-electron chi connectivity index (χ2n) is 6.59. The molecule has 0 fully saturated rings. The minimum Gasteiger partial charge on any atom is -0.463 e. The summed E-state index contributed by atoms with van der Waals surface area (Å²) in [5.41, 5.74) is 0.163. The number of aromatic amines is 1. The Kier molecular flexibility index (Phi) is 4.86. The number of pyridine rings is 1. The van der Waals surface area contributed by atoms with E-state index in [4.69, 9.17) is 4.42 Å². The molecule has 1 aliphatic rings. The van der Waals surface area contributed by atoms with Crippen LogP contribution >= 0.6 is 0 Å². The van der Waals surface area contributed by atoms with Gasteiger partial charge in [0.15, 0.2) is 0 Å². The minimum absolute atomic E-state index is 0.0744. The number of furan rings is 1. The maximum Gasteiger partial charge on any atom is 0.261 e. The zero-order chi connectivity index (χ0) is 18.6. The van der Waals surface area contributed by atoms with E-state index < -0.39 is 11.5 Å². The summed E-state index contributed by atoms with van der Waals surface area (Å²) in [6.07, 6.45) is 6.54. The molecule has 0 saturated carbocycles. The van der Waals surface area contributed by atoms with Crippen molar-refractivity contribution < 1.29 is 9.21 Å².